The number of amides is 1. The zero-order chi connectivity index (χ0) is 20.9. The Bertz CT molecular complexity index is 930. The molecule has 0 radical (unpaired) electrons. The van der Waals surface area contributed by atoms with Crippen molar-refractivity contribution in [3.05, 3.63) is 58.1 Å². The first kappa shape index (κ1) is 22.3. The zero-order valence-corrected chi connectivity index (χ0v) is 18.1. The molecule has 6 nitrogen and oxygen atoms in total. The SMILES string of the molecule is CC[C@@H](C(=O)NCc1ccccc1OC)N(c1cc(Cl)cc(Cl)c1)S(C)(=O)=O. The van der Waals surface area contributed by atoms with Crippen LogP contribution in [0, 0.1) is 0 Å². The van der Waals surface area contributed by atoms with E-state index in [0.29, 0.717) is 5.75 Å². The highest BCUT2D eigenvalue weighted by molar-refractivity contribution is 7.92. The monoisotopic (exact) mass is 444 g/mol. The van der Waals surface area contributed by atoms with Crippen molar-refractivity contribution < 1.29 is 17.9 Å². The second-order valence-electron chi connectivity index (χ2n) is 6.14. The Morgan fingerprint density at radius 1 is 1.18 bits per heavy atom. The molecule has 0 aliphatic heterocycles. The highest BCUT2D eigenvalue weighted by Gasteiger charge is 2.31. The number of carbonyl (C=O) groups is 1. The molecule has 0 saturated carbocycles. The largest absolute Gasteiger partial charge is 0.496 e. The molecule has 0 fully saturated rings. The molecule has 0 aromatic heterocycles. The number of hydrogen-bond donors (Lipinski definition) is 1. The third kappa shape index (κ3) is 5.53. The van der Waals surface area contributed by atoms with Crippen molar-refractivity contribution in [2.24, 2.45) is 0 Å². The van der Waals surface area contributed by atoms with Crippen molar-refractivity contribution >= 4 is 44.8 Å². The number of carbonyl (C=O) groups excluding carboxylic acids is 1. The molecule has 0 saturated heterocycles. The minimum atomic E-state index is -3.77. The predicted octanol–water partition coefficient (Wildman–Crippen LogP) is 3.86. The average Bonchev–Trinajstić information content (AvgIpc) is 2.62. The van der Waals surface area contributed by atoms with E-state index in [0.717, 1.165) is 16.1 Å². The molecule has 152 valence electrons. The van der Waals surface area contributed by atoms with E-state index in [1.165, 1.54) is 18.2 Å². The van der Waals surface area contributed by atoms with Crippen LogP contribution in [0.1, 0.15) is 18.9 Å². The summed E-state index contributed by atoms with van der Waals surface area (Å²) in [7, 11) is -2.23. The molecule has 2 rings (SSSR count). The summed E-state index contributed by atoms with van der Waals surface area (Å²) in [5.41, 5.74) is 1.02. The van der Waals surface area contributed by atoms with Gasteiger partial charge in [0.05, 0.1) is 19.1 Å². The summed E-state index contributed by atoms with van der Waals surface area (Å²) in [5, 5.41) is 3.34. The fourth-order valence-corrected chi connectivity index (χ4v) is 4.59. The van der Waals surface area contributed by atoms with Crippen LogP contribution < -0.4 is 14.4 Å². The van der Waals surface area contributed by atoms with Gasteiger partial charge in [-0.1, -0.05) is 48.3 Å². The molecule has 9 heteroatoms. The minimum absolute atomic E-state index is 0.202. The number of rotatable bonds is 8. The Balaban J connectivity index is 2.31. The van der Waals surface area contributed by atoms with Crippen LogP contribution in [0.25, 0.3) is 0 Å². The third-order valence-corrected chi connectivity index (χ3v) is 5.69. The van der Waals surface area contributed by atoms with Gasteiger partial charge < -0.3 is 10.1 Å². The maximum Gasteiger partial charge on any atom is 0.244 e. The van der Waals surface area contributed by atoms with Crippen molar-refractivity contribution in [1.82, 2.24) is 5.32 Å². The first-order valence-corrected chi connectivity index (χ1v) is 11.1. The van der Waals surface area contributed by atoms with Gasteiger partial charge in [0.25, 0.3) is 0 Å². The van der Waals surface area contributed by atoms with Gasteiger partial charge in [-0.3, -0.25) is 9.10 Å². The molecule has 0 spiro atoms. The number of anilines is 1. The number of halogens is 2. The van der Waals surface area contributed by atoms with Crippen LogP contribution in [0.5, 0.6) is 5.75 Å². The fraction of sp³-hybridized carbons (Fsp3) is 0.316. The summed E-state index contributed by atoms with van der Waals surface area (Å²) in [6, 6.07) is 10.7. The Labute approximate surface area is 175 Å². The van der Waals surface area contributed by atoms with E-state index in [4.69, 9.17) is 27.9 Å². The minimum Gasteiger partial charge on any atom is -0.496 e. The Morgan fingerprint density at radius 2 is 1.79 bits per heavy atom. The van der Waals surface area contributed by atoms with Gasteiger partial charge in [-0.05, 0) is 30.7 Å². The van der Waals surface area contributed by atoms with Crippen LogP contribution in [-0.2, 0) is 21.4 Å². The molecule has 1 N–H and O–H groups in total. The van der Waals surface area contributed by atoms with Crippen molar-refractivity contribution in [2.75, 3.05) is 17.7 Å². The van der Waals surface area contributed by atoms with E-state index in [9.17, 15) is 13.2 Å². The van der Waals surface area contributed by atoms with E-state index in [1.54, 1.807) is 20.1 Å². The lowest BCUT2D eigenvalue weighted by atomic mass is 10.1. The van der Waals surface area contributed by atoms with Gasteiger partial charge in [0, 0.05) is 22.2 Å². The van der Waals surface area contributed by atoms with Gasteiger partial charge in [0.15, 0.2) is 0 Å². The number of para-hydroxylation sites is 1. The number of nitrogens with zero attached hydrogens (tertiary/aromatic N) is 1. The van der Waals surface area contributed by atoms with E-state index < -0.39 is 22.0 Å². The van der Waals surface area contributed by atoms with Crippen molar-refractivity contribution in [1.29, 1.82) is 0 Å². The van der Waals surface area contributed by atoms with Crippen LogP contribution in [0.2, 0.25) is 10.0 Å². The summed E-state index contributed by atoms with van der Waals surface area (Å²) in [5.74, 6) is 0.201. The van der Waals surface area contributed by atoms with Crippen LogP contribution in [0.3, 0.4) is 0 Å². The number of sulfonamides is 1. The smallest absolute Gasteiger partial charge is 0.244 e. The van der Waals surface area contributed by atoms with Gasteiger partial charge >= 0.3 is 0 Å². The number of ether oxygens (including phenoxy) is 1. The molecular formula is C19H22Cl2N2O4S. The van der Waals surface area contributed by atoms with Crippen molar-refractivity contribution in [2.45, 2.75) is 25.9 Å². The summed E-state index contributed by atoms with van der Waals surface area (Å²) in [4.78, 5) is 12.9. The maximum absolute atomic E-state index is 12.9. The molecule has 0 aliphatic rings. The standard InChI is InChI=1S/C19H22Cl2N2O4S/c1-4-17(19(24)22-12-13-7-5-6-8-18(13)27-2)23(28(3,25)26)16-10-14(20)9-15(21)11-16/h5-11,17H,4,12H2,1-3H3,(H,22,24)/t17-/m0/s1. The first-order valence-electron chi connectivity index (χ1n) is 8.52. The van der Waals surface area contributed by atoms with Gasteiger partial charge in [0.2, 0.25) is 15.9 Å². The second-order valence-corrected chi connectivity index (χ2v) is 8.87. The molecule has 2 aromatic rings. The first-order chi connectivity index (χ1) is 13.2. The molecule has 28 heavy (non-hydrogen) atoms. The summed E-state index contributed by atoms with van der Waals surface area (Å²) in [6.07, 6.45) is 1.30. The lowest BCUT2D eigenvalue weighted by Crippen LogP contribution is -2.49. The van der Waals surface area contributed by atoms with Crippen LogP contribution >= 0.6 is 23.2 Å². The Hall–Kier alpha value is -1.96. The second kappa shape index (κ2) is 9.49. The van der Waals surface area contributed by atoms with Gasteiger partial charge in [0.1, 0.15) is 11.8 Å². The van der Waals surface area contributed by atoms with Crippen LogP contribution in [0.4, 0.5) is 5.69 Å². The molecule has 1 amide bonds. The molecule has 0 heterocycles. The number of nitrogens with one attached hydrogen (secondary N) is 1. The Kier molecular flexibility index (Phi) is 7.57. The normalized spacial score (nSPS) is 12.3. The molecule has 1 atom stereocenters. The predicted molar refractivity (Wildman–Crippen MR) is 113 cm³/mol. The van der Waals surface area contributed by atoms with E-state index in [-0.39, 0.29) is 28.7 Å². The van der Waals surface area contributed by atoms with Gasteiger partial charge in [-0.2, -0.15) is 0 Å². The highest BCUT2D eigenvalue weighted by atomic mass is 35.5. The average molecular weight is 445 g/mol. The van der Waals surface area contributed by atoms with Gasteiger partial charge in [-0.25, -0.2) is 8.42 Å². The van der Waals surface area contributed by atoms with E-state index in [1.807, 2.05) is 18.2 Å². The number of methoxy groups -OCH3 is 1. The summed E-state index contributed by atoms with van der Waals surface area (Å²) < 4.78 is 31.3. The van der Waals surface area contributed by atoms with Gasteiger partial charge in [-0.15, -0.1) is 0 Å². The molecule has 0 aliphatic carbocycles. The molecule has 2 aromatic carbocycles. The molecule has 0 bridgehead atoms. The van der Waals surface area contributed by atoms with Crippen molar-refractivity contribution in [3.8, 4) is 5.75 Å². The molecule has 0 unspecified atom stereocenters. The Morgan fingerprint density at radius 3 is 2.32 bits per heavy atom. The highest BCUT2D eigenvalue weighted by Crippen LogP contribution is 2.29. The summed E-state index contributed by atoms with van der Waals surface area (Å²) in [6.45, 7) is 1.94. The molecular weight excluding hydrogens is 423 g/mol. The van der Waals surface area contributed by atoms with E-state index in [2.05, 4.69) is 5.32 Å². The topological polar surface area (TPSA) is 75.7 Å². The fourth-order valence-electron chi connectivity index (χ4n) is 2.88. The van der Waals surface area contributed by atoms with Crippen molar-refractivity contribution in [3.63, 3.8) is 0 Å². The lowest BCUT2D eigenvalue weighted by Gasteiger charge is -2.30. The number of benzene rings is 2. The zero-order valence-electron chi connectivity index (χ0n) is 15.8. The number of hydrogen-bond acceptors (Lipinski definition) is 4. The maximum atomic E-state index is 12.9. The summed E-state index contributed by atoms with van der Waals surface area (Å²) >= 11 is 12.1. The third-order valence-electron chi connectivity index (χ3n) is 4.08. The quantitative estimate of drug-likeness (QED) is 0.670. The van der Waals surface area contributed by atoms with Crippen LogP contribution in [0.15, 0.2) is 42.5 Å². The lowest BCUT2D eigenvalue weighted by molar-refractivity contribution is -0.122. The van der Waals surface area contributed by atoms with Crippen LogP contribution in [-0.4, -0.2) is 33.7 Å². The van der Waals surface area contributed by atoms with E-state index >= 15 is 0 Å².